The molecule has 1 aliphatic heterocycles. The van der Waals surface area contributed by atoms with Gasteiger partial charge in [0.1, 0.15) is 0 Å². The molecule has 2 rings (SSSR count). The van der Waals surface area contributed by atoms with E-state index in [1.807, 2.05) is 0 Å². The summed E-state index contributed by atoms with van der Waals surface area (Å²) in [4.78, 5) is 0. The van der Waals surface area contributed by atoms with E-state index in [4.69, 9.17) is 0 Å². The Kier molecular flexibility index (Phi) is 2.61. The first-order valence-electron chi connectivity index (χ1n) is 6.02. The van der Waals surface area contributed by atoms with Gasteiger partial charge >= 0.3 is 0 Å². The second kappa shape index (κ2) is 3.49. The Balaban J connectivity index is 2.01. The lowest BCUT2D eigenvalue weighted by Gasteiger charge is -2.50. The molecule has 1 heterocycles. The van der Waals surface area contributed by atoms with Crippen molar-refractivity contribution in [2.24, 2.45) is 5.92 Å². The normalized spacial score (nSPS) is 42.6. The molecule has 0 unspecified atom stereocenters. The van der Waals surface area contributed by atoms with Crippen LogP contribution >= 0.6 is 0 Å². The maximum atomic E-state index is 3.87. The van der Waals surface area contributed by atoms with Crippen molar-refractivity contribution in [3.63, 3.8) is 0 Å². The molecule has 2 nitrogen and oxygen atoms in total. The first-order valence-corrected chi connectivity index (χ1v) is 6.02. The van der Waals surface area contributed by atoms with Crippen LogP contribution in [0, 0.1) is 5.92 Å². The molecule has 1 spiro atoms. The summed E-state index contributed by atoms with van der Waals surface area (Å²) < 4.78 is 0. The van der Waals surface area contributed by atoms with Gasteiger partial charge in [-0.3, -0.25) is 0 Å². The number of nitrogens with one attached hydrogen (secondary N) is 2. The van der Waals surface area contributed by atoms with Gasteiger partial charge in [-0.15, -0.1) is 0 Å². The zero-order valence-corrected chi connectivity index (χ0v) is 9.82. The molecular formula is C12H24N2. The molecule has 0 aromatic rings. The van der Waals surface area contributed by atoms with E-state index in [9.17, 15) is 0 Å². The monoisotopic (exact) mass is 196 g/mol. The molecule has 0 aromatic carbocycles. The molecule has 2 fully saturated rings. The molecule has 82 valence electrons. The van der Waals surface area contributed by atoms with Gasteiger partial charge < -0.3 is 10.6 Å². The molecule has 0 bridgehead atoms. The lowest BCUT2D eigenvalue weighted by atomic mass is 9.74. The van der Waals surface area contributed by atoms with Gasteiger partial charge in [0.2, 0.25) is 0 Å². The SMILES string of the molecule is CC1CCC2(CC1)CNCC(C)(C)N2. The third-order valence-corrected chi connectivity index (χ3v) is 3.87. The number of hydrogen-bond donors (Lipinski definition) is 2. The highest BCUT2D eigenvalue weighted by Gasteiger charge is 2.40. The van der Waals surface area contributed by atoms with Crippen molar-refractivity contribution in [1.82, 2.24) is 10.6 Å². The first kappa shape index (κ1) is 10.4. The molecule has 14 heavy (non-hydrogen) atoms. The Morgan fingerprint density at radius 2 is 1.71 bits per heavy atom. The predicted molar refractivity (Wildman–Crippen MR) is 60.4 cm³/mol. The van der Waals surface area contributed by atoms with Gasteiger partial charge in [-0.25, -0.2) is 0 Å². The topological polar surface area (TPSA) is 24.1 Å². The molecule has 2 aliphatic rings. The highest BCUT2D eigenvalue weighted by molar-refractivity contribution is 5.03. The fourth-order valence-electron chi connectivity index (χ4n) is 3.04. The van der Waals surface area contributed by atoms with Crippen LogP contribution in [0.25, 0.3) is 0 Å². The average molecular weight is 196 g/mol. The fraction of sp³-hybridized carbons (Fsp3) is 1.00. The number of rotatable bonds is 0. The van der Waals surface area contributed by atoms with Crippen molar-refractivity contribution in [2.45, 2.75) is 57.5 Å². The van der Waals surface area contributed by atoms with Crippen LogP contribution in [-0.4, -0.2) is 24.2 Å². The van der Waals surface area contributed by atoms with Crippen molar-refractivity contribution >= 4 is 0 Å². The summed E-state index contributed by atoms with van der Waals surface area (Å²) in [6, 6.07) is 0. The Morgan fingerprint density at radius 3 is 2.29 bits per heavy atom. The van der Waals surface area contributed by atoms with E-state index in [0.29, 0.717) is 5.54 Å². The van der Waals surface area contributed by atoms with Crippen LogP contribution in [0.2, 0.25) is 0 Å². The lowest BCUT2D eigenvalue weighted by Crippen LogP contribution is -2.68. The van der Waals surface area contributed by atoms with Crippen molar-refractivity contribution in [1.29, 1.82) is 0 Å². The molecule has 1 aliphatic carbocycles. The lowest BCUT2D eigenvalue weighted by molar-refractivity contribution is 0.112. The van der Waals surface area contributed by atoms with Crippen LogP contribution < -0.4 is 10.6 Å². The minimum atomic E-state index is 0.277. The fourth-order valence-corrected chi connectivity index (χ4v) is 3.04. The standard InChI is InChI=1S/C12H24N2/c1-10-4-6-12(7-5-10)9-13-8-11(2,3)14-12/h10,13-14H,4-9H2,1-3H3. The zero-order valence-electron chi connectivity index (χ0n) is 9.82. The molecule has 0 atom stereocenters. The second-order valence-electron chi connectivity index (χ2n) is 6.08. The predicted octanol–water partition coefficient (Wildman–Crippen LogP) is 1.91. The quantitative estimate of drug-likeness (QED) is 0.618. The maximum absolute atomic E-state index is 3.87. The molecule has 2 heteroatoms. The molecule has 1 saturated heterocycles. The van der Waals surface area contributed by atoms with E-state index in [-0.39, 0.29) is 5.54 Å². The Bertz CT molecular complexity index is 202. The van der Waals surface area contributed by atoms with E-state index < -0.39 is 0 Å². The maximum Gasteiger partial charge on any atom is 0.0311 e. The van der Waals surface area contributed by atoms with Crippen LogP contribution in [-0.2, 0) is 0 Å². The van der Waals surface area contributed by atoms with Crippen LogP contribution in [0.15, 0.2) is 0 Å². The van der Waals surface area contributed by atoms with Crippen LogP contribution in [0.3, 0.4) is 0 Å². The minimum Gasteiger partial charge on any atom is -0.313 e. The second-order valence-corrected chi connectivity index (χ2v) is 6.08. The van der Waals surface area contributed by atoms with E-state index in [1.54, 1.807) is 0 Å². The molecule has 0 amide bonds. The average Bonchev–Trinajstić information content (AvgIpc) is 2.09. The first-order chi connectivity index (χ1) is 6.52. The van der Waals surface area contributed by atoms with Gasteiger partial charge in [-0.1, -0.05) is 6.92 Å². The zero-order chi connectivity index (χ0) is 10.2. The smallest absolute Gasteiger partial charge is 0.0311 e. The Hall–Kier alpha value is -0.0800. The molecule has 0 aromatic heterocycles. The highest BCUT2D eigenvalue weighted by atomic mass is 15.2. The molecular weight excluding hydrogens is 172 g/mol. The van der Waals surface area contributed by atoms with Crippen molar-refractivity contribution in [3.05, 3.63) is 0 Å². The molecule has 1 saturated carbocycles. The molecule has 0 radical (unpaired) electrons. The van der Waals surface area contributed by atoms with Crippen molar-refractivity contribution in [3.8, 4) is 0 Å². The summed E-state index contributed by atoms with van der Waals surface area (Å²) >= 11 is 0. The van der Waals surface area contributed by atoms with Gasteiger partial charge in [0, 0.05) is 24.2 Å². The number of piperazine rings is 1. The van der Waals surface area contributed by atoms with E-state index in [2.05, 4.69) is 31.4 Å². The summed E-state index contributed by atoms with van der Waals surface area (Å²) in [5, 5.41) is 7.45. The van der Waals surface area contributed by atoms with Crippen LogP contribution in [0.4, 0.5) is 0 Å². The van der Waals surface area contributed by atoms with Crippen molar-refractivity contribution < 1.29 is 0 Å². The Labute approximate surface area is 87.8 Å². The molecule has 2 N–H and O–H groups in total. The Morgan fingerprint density at radius 1 is 1.07 bits per heavy atom. The summed E-state index contributed by atoms with van der Waals surface area (Å²) in [7, 11) is 0. The van der Waals surface area contributed by atoms with Crippen LogP contribution in [0.1, 0.15) is 46.5 Å². The van der Waals surface area contributed by atoms with Gasteiger partial charge in [0.15, 0.2) is 0 Å². The van der Waals surface area contributed by atoms with E-state index >= 15 is 0 Å². The van der Waals surface area contributed by atoms with Gasteiger partial charge in [-0.2, -0.15) is 0 Å². The largest absolute Gasteiger partial charge is 0.313 e. The van der Waals surface area contributed by atoms with E-state index in [0.717, 1.165) is 12.5 Å². The number of hydrogen-bond acceptors (Lipinski definition) is 2. The van der Waals surface area contributed by atoms with E-state index in [1.165, 1.54) is 32.2 Å². The van der Waals surface area contributed by atoms with Crippen molar-refractivity contribution in [2.75, 3.05) is 13.1 Å². The third-order valence-electron chi connectivity index (χ3n) is 3.87. The van der Waals surface area contributed by atoms with Crippen LogP contribution in [0.5, 0.6) is 0 Å². The van der Waals surface area contributed by atoms with Gasteiger partial charge in [0.05, 0.1) is 0 Å². The summed E-state index contributed by atoms with van der Waals surface area (Å²) in [6.45, 7) is 9.26. The minimum absolute atomic E-state index is 0.277. The summed E-state index contributed by atoms with van der Waals surface area (Å²) in [5.74, 6) is 0.937. The summed E-state index contributed by atoms with van der Waals surface area (Å²) in [6.07, 6.45) is 5.49. The van der Waals surface area contributed by atoms with Gasteiger partial charge in [-0.05, 0) is 45.4 Å². The summed E-state index contributed by atoms with van der Waals surface area (Å²) in [5.41, 5.74) is 0.688. The highest BCUT2D eigenvalue weighted by Crippen LogP contribution is 2.34. The van der Waals surface area contributed by atoms with Gasteiger partial charge in [0.25, 0.3) is 0 Å². The third kappa shape index (κ3) is 2.12.